The molecular weight excluding hydrogens is 222 g/mol. The van der Waals surface area contributed by atoms with Gasteiger partial charge in [-0.05, 0) is 24.5 Å². The van der Waals surface area contributed by atoms with Crippen molar-refractivity contribution in [3.8, 4) is 0 Å². The molecule has 0 unspecified atom stereocenters. The zero-order chi connectivity index (χ0) is 11.6. The Bertz CT molecular complexity index is 254. The molecule has 92 valence electrons. The fourth-order valence-corrected chi connectivity index (χ4v) is 2.10. The molecule has 5 heteroatoms. The van der Waals surface area contributed by atoms with Crippen molar-refractivity contribution in [2.24, 2.45) is 0 Å². The molecule has 1 heterocycles. The lowest BCUT2D eigenvalue weighted by molar-refractivity contribution is 0.186. The average molecular weight is 243 g/mol. The van der Waals surface area contributed by atoms with Crippen molar-refractivity contribution >= 4 is 11.5 Å². The summed E-state index contributed by atoms with van der Waals surface area (Å²) in [6.45, 7) is 5.00. The first-order chi connectivity index (χ1) is 7.86. The van der Waals surface area contributed by atoms with Gasteiger partial charge >= 0.3 is 0 Å². The Morgan fingerprint density at radius 2 is 2.19 bits per heavy atom. The number of aliphatic hydroxyl groups excluding tert-OH is 1. The molecule has 0 saturated heterocycles. The second kappa shape index (κ2) is 8.61. The van der Waals surface area contributed by atoms with Crippen LogP contribution in [0.5, 0.6) is 0 Å². The molecule has 1 rings (SSSR count). The van der Waals surface area contributed by atoms with Crippen molar-refractivity contribution in [1.82, 2.24) is 14.5 Å². The molecule has 16 heavy (non-hydrogen) atoms. The molecule has 1 N–H and O–H groups in total. The van der Waals surface area contributed by atoms with Crippen LogP contribution in [0.4, 0.5) is 0 Å². The quantitative estimate of drug-likeness (QED) is 0.673. The molecule has 0 atom stereocenters. The Hall–Kier alpha value is -0.520. The normalized spacial score (nSPS) is 11.2. The molecular formula is C11H21N3OS. The first-order valence-electron chi connectivity index (χ1n) is 5.96. The van der Waals surface area contributed by atoms with Gasteiger partial charge in [-0.2, -0.15) is 0 Å². The van der Waals surface area contributed by atoms with E-state index in [0.717, 1.165) is 25.3 Å². The lowest BCUT2D eigenvalue weighted by atomic mass is 10.2. The van der Waals surface area contributed by atoms with Crippen molar-refractivity contribution in [3.63, 3.8) is 0 Å². The number of nitrogens with zero attached hydrogens (tertiary/aromatic N) is 3. The average Bonchev–Trinajstić information content (AvgIpc) is 2.77. The van der Waals surface area contributed by atoms with Crippen LogP contribution < -0.4 is 0 Å². The zero-order valence-corrected chi connectivity index (χ0v) is 10.7. The van der Waals surface area contributed by atoms with Gasteiger partial charge < -0.3 is 5.11 Å². The van der Waals surface area contributed by atoms with Gasteiger partial charge in [0.15, 0.2) is 0 Å². The third-order valence-electron chi connectivity index (χ3n) is 2.53. The minimum atomic E-state index is 0.214. The minimum absolute atomic E-state index is 0.214. The van der Waals surface area contributed by atoms with Crippen molar-refractivity contribution in [3.05, 3.63) is 11.1 Å². The summed E-state index contributed by atoms with van der Waals surface area (Å²) < 4.78 is 3.85. The van der Waals surface area contributed by atoms with Crippen molar-refractivity contribution in [2.45, 2.75) is 39.2 Å². The topological polar surface area (TPSA) is 49.2 Å². The molecule has 0 aliphatic rings. The number of aromatic nitrogens is 2. The smallest absolute Gasteiger partial charge is 0.0895 e. The van der Waals surface area contributed by atoms with E-state index >= 15 is 0 Å². The van der Waals surface area contributed by atoms with Crippen LogP contribution in [0.2, 0.25) is 0 Å². The molecule has 1 aromatic rings. The molecule has 0 amide bonds. The molecule has 0 bridgehead atoms. The van der Waals surface area contributed by atoms with Gasteiger partial charge in [-0.15, -0.1) is 5.10 Å². The zero-order valence-electron chi connectivity index (χ0n) is 9.93. The van der Waals surface area contributed by atoms with Crippen LogP contribution in [-0.2, 0) is 6.54 Å². The number of hydrogen-bond acceptors (Lipinski definition) is 5. The maximum atomic E-state index is 8.99. The monoisotopic (exact) mass is 243 g/mol. The highest BCUT2D eigenvalue weighted by molar-refractivity contribution is 7.03. The van der Waals surface area contributed by atoms with Crippen LogP contribution in [0.15, 0.2) is 5.38 Å². The Labute approximate surface area is 101 Å². The van der Waals surface area contributed by atoms with E-state index in [1.54, 1.807) is 0 Å². The van der Waals surface area contributed by atoms with E-state index < -0.39 is 0 Å². The number of unbranched alkanes of at least 4 members (excludes halogenated alkanes) is 3. The van der Waals surface area contributed by atoms with E-state index in [-0.39, 0.29) is 6.61 Å². The van der Waals surface area contributed by atoms with Gasteiger partial charge in [0.2, 0.25) is 0 Å². The minimum Gasteiger partial charge on any atom is -0.395 e. The summed E-state index contributed by atoms with van der Waals surface area (Å²) in [5.74, 6) is 0. The van der Waals surface area contributed by atoms with Gasteiger partial charge in [0, 0.05) is 18.5 Å². The van der Waals surface area contributed by atoms with E-state index in [4.69, 9.17) is 5.11 Å². The van der Waals surface area contributed by atoms with E-state index in [9.17, 15) is 0 Å². The summed E-state index contributed by atoms with van der Waals surface area (Å²) >= 11 is 1.38. The fraction of sp³-hybridized carbons (Fsp3) is 0.818. The summed E-state index contributed by atoms with van der Waals surface area (Å²) in [4.78, 5) is 2.24. The summed E-state index contributed by atoms with van der Waals surface area (Å²) in [5, 5.41) is 15.0. The lowest BCUT2D eigenvalue weighted by Crippen LogP contribution is -2.27. The van der Waals surface area contributed by atoms with Crippen LogP contribution in [0.1, 0.15) is 38.3 Å². The molecule has 4 nitrogen and oxygen atoms in total. The second-order valence-electron chi connectivity index (χ2n) is 3.96. The van der Waals surface area contributed by atoms with Gasteiger partial charge in [0.05, 0.1) is 12.3 Å². The molecule has 0 fully saturated rings. The predicted octanol–water partition coefficient (Wildman–Crippen LogP) is 1.91. The Balaban J connectivity index is 2.24. The second-order valence-corrected chi connectivity index (χ2v) is 4.57. The first-order valence-corrected chi connectivity index (χ1v) is 6.79. The third-order valence-corrected chi connectivity index (χ3v) is 3.09. The summed E-state index contributed by atoms with van der Waals surface area (Å²) in [7, 11) is 0. The van der Waals surface area contributed by atoms with Gasteiger partial charge in [-0.25, -0.2) is 0 Å². The van der Waals surface area contributed by atoms with Crippen molar-refractivity contribution in [2.75, 3.05) is 19.7 Å². The summed E-state index contributed by atoms with van der Waals surface area (Å²) in [5.41, 5.74) is 1.01. The highest BCUT2D eigenvalue weighted by Crippen LogP contribution is 2.06. The van der Waals surface area contributed by atoms with E-state index in [2.05, 4.69) is 21.4 Å². The highest BCUT2D eigenvalue weighted by atomic mass is 32.1. The maximum Gasteiger partial charge on any atom is 0.0895 e. The van der Waals surface area contributed by atoms with Crippen molar-refractivity contribution in [1.29, 1.82) is 0 Å². The lowest BCUT2D eigenvalue weighted by Gasteiger charge is -2.19. The standard InChI is InChI=1S/C11H21N3OS/c1-2-3-4-5-6-14(7-8-15)9-11-10-16-13-12-11/h10,15H,2-9H2,1H3. The van der Waals surface area contributed by atoms with Crippen LogP contribution in [0, 0.1) is 0 Å². The third kappa shape index (κ3) is 5.53. The van der Waals surface area contributed by atoms with Crippen LogP contribution in [0.3, 0.4) is 0 Å². The highest BCUT2D eigenvalue weighted by Gasteiger charge is 2.06. The maximum absolute atomic E-state index is 8.99. The SMILES string of the molecule is CCCCCCN(CCO)Cc1csnn1. The first kappa shape index (κ1) is 13.5. The van der Waals surface area contributed by atoms with Gasteiger partial charge in [-0.1, -0.05) is 30.7 Å². The molecule has 0 aliphatic heterocycles. The summed E-state index contributed by atoms with van der Waals surface area (Å²) in [6.07, 6.45) is 5.03. The van der Waals surface area contributed by atoms with E-state index in [1.807, 2.05) is 5.38 Å². The van der Waals surface area contributed by atoms with Gasteiger partial charge in [0.1, 0.15) is 0 Å². The van der Waals surface area contributed by atoms with Gasteiger partial charge in [0.25, 0.3) is 0 Å². The van der Waals surface area contributed by atoms with Crippen molar-refractivity contribution < 1.29 is 5.11 Å². The Morgan fingerprint density at radius 1 is 1.31 bits per heavy atom. The Morgan fingerprint density at radius 3 is 2.81 bits per heavy atom. The largest absolute Gasteiger partial charge is 0.395 e. The van der Waals surface area contributed by atoms with E-state index in [1.165, 1.54) is 37.2 Å². The van der Waals surface area contributed by atoms with Gasteiger partial charge in [-0.3, -0.25) is 4.90 Å². The number of rotatable bonds is 9. The molecule has 0 radical (unpaired) electrons. The molecule has 0 aromatic carbocycles. The summed E-state index contributed by atoms with van der Waals surface area (Å²) in [6, 6.07) is 0. The van der Waals surface area contributed by atoms with E-state index in [0.29, 0.717) is 0 Å². The van der Waals surface area contributed by atoms with Crippen LogP contribution in [-0.4, -0.2) is 39.3 Å². The molecule has 0 aliphatic carbocycles. The predicted molar refractivity (Wildman–Crippen MR) is 66.4 cm³/mol. The fourth-order valence-electron chi connectivity index (χ4n) is 1.66. The molecule has 1 aromatic heterocycles. The van der Waals surface area contributed by atoms with Crippen LogP contribution >= 0.6 is 11.5 Å². The molecule has 0 spiro atoms. The number of hydrogen-bond donors (Lipinski definition) is 1. The number of aliphatic hydroxyl groups is 1. The van der Waals surface area contributed by atoms with Crippen LogP contribution in [0.25, 0.3) is 0 Å². The molecule has 0 saturated carbocycles. The Kier molecular flexibility index (Phi) is 7.29.